The van der Waals surface area contributed by atoms with E-state index in [0.29, 0.717) is 5.84 Å². The maximum Gasteiger partial charge on any atom is 0.333 e. The van der Waals surface area contributed by atoms with Crippen molar-refractivity contribution < 1.29 is 14.2 Å². The topological polar surface area (TPSA) is 62.5 Å². The molecule has 150 valence electrons. The van der Waals surface area contributed by atoms with E-state index in [1.807, 2.05) is 0 Å². The summed E-state index contributed by atoms with van der Waals surface area (Å²) in [5.41, 5.74) is 0. The Kier molecular flexibility index (Phi) is 6.26. The van der Waals surface area contributed by atoms with E-state index in [1.54, 1.807) is 14.1 Å². The Bertz CT molecular complexity index is 651. The van der Waals surface area contributed by atoms with Crippen molar-refractivity contribution in [3.63, 3.8) is 0 Å². The number of hydrogen-bond donors (Lipinski definition) is 0. The average Bonchev–Trinajstić information content (AvgIpc) is 3.02. The maximum absolute atomic E-state index is 12.9. The molecule has 0 saturated carbocycles. The fourth-order valence-electron chi connectivity index (χ4n) is 3.95. The maximum atomic E-state index is 12.9. The third-order valence-electron chi connectivity index (χ3n) is 5.83. The van der Waals surface area contributed by atoms with Gasteiger partial charge in [0.25, 0.3) is 17.8 Å². The molecule has 8 nitrogen and oxygen atoms in total. The Balaban J connectivity index is 1.82. The second-order valence-corrected chi connectivity index (χ2v) is 7.86. The summed E-state index contributed by atoms with van der Waals surface area (Å²) in [5, 5.41) is 0. The number of carbonyl (C=O) groups excluding carboxylic acids is 2. The number of imide groups is 1. The molecule has 0 aliphatic carbocycles. The van der Waals surface area contributed by atoms with Crippen molar-refractivity contribution in [2.24, 2.45) is 4.99 Å². The van der Waals surface area contributed by atoms with Crippen molar-refractivity contribution in [2.75, 3.05) is 60.4 Å². The number of carbonyl (C=O) groups is 2. The van der Waals surface area contributed by atoms with E-state index in [0.717, 1.165) is 57.9 Å². The standard InChI is InChI=1S/C19H33N6O2/c1-5-6-7-8-9-25-15(14-24-12-10-21(2)11-13-24)20-17-16(25)18(26)23(4)19(27)22(17)3/h16H,5-14H2,1-4H3/q+1. The summed E-state index contributed by atoms with van der Waals surface area (Å²) in [4.78, 5) is 37.4. The van der Waals surface area contributed by atoms with Gasteiger partial charge in [-0.25, -0.2) is 9.37 Å². The number of hydrogen-bond acceptors (Lipinski definition) is 5. The van der Waals surface area contributed by atoms with Crippen molar-refractivity contribution in [3.05, 3.63) is 0 Å². The molecule has 0 N–H and O–H groups in total. The second kappa shape index (κ2) is 8.48. The Morgan fingerprint density at radius 2 is 1.70 bits per heavy atom. The summed E-state index contributed by atoms with van der Waals surface area (Å²) in [6.07, 6.45) is 4.57. The highest BCUT2D eigenvalue weighted by atomic mass is 16.2. The zero-order valence-electron chi connectivity index (χ0n) is 17.1. The molecular weight excluding hydrogens is 344 g/mol. The number of fused-ring (bicyclic) bond motifs is 1. The molecule has 0 radical (unpaired) electrons. The third-order valence-corrected chi connectivity index (χ3v) is 5.83. The van der Waals surface area contributed by atoms with E-state index >= 15 is 0 Å². The number of urea groups is 1. The number of piperazine rings is 1. The van der Waals surface area contributed by atoms with Gasteiger partial charge in [0.2, 0.25) is 0 Å². The molecule has 1 atom stereocenters. The minimum absolute atomic E-state index is 0.166. The van der Waals surface area contributed by atoms with Gasteiger partial charge in [-0.3, -0.25) is 19.5 Å². The van der Waals surface area contributed by atoms with Gasteiger partial charge in [0.15, 0.2) is 0 Å². The lowest BCUT2D eigenvalue weighted by molar-refractivity contribution is -0.537. The fraction of sp³-hybridized carbons (Fsp3) is 0.789. The third kappa shape index (κ3) is 4.06. The number of likely N-dealkylation sites (N-methyl/N-ethyl adjacent to an activating group) is 3. The molecule has 3 rings (SSSR count). The van der Waals surface area contributed by atoms with Crippen LogP contribution in [0.4, 0.5) is 4.79 Å². The van der Waals surface area contributed by atoms with Gasteiger partial charge in [-0.05, 0) is 24.9 Å². The van der Waals surface area contributed by atoms with Gasteiger partial charge in [-0.2, -0.15) is 0 Å². The van der Waals surface area contributed by atoms with E-state index in [4.69, 9.17) is 4.99 Å². The molecule has 0 aromatic carbocycles. The van der Waals surface area contributed by atoms with Crippen LogP contribution in [-0.2, 0) is 4.79 Å². The normalized spacial score (nSPS) is 24.7. The van der Waals surface area contributed by atoms with Crippen molar-refractivity contribution in [2.45, 2.75) is 38.6 Å². The van der Waals surface area contributed by atoms with Crippen LogP contribution in [-0.4, -0.2) is 114 Å². The largest absolute Gasteiger partial charge is 0.333 e. The van der Waals surface area contributed by atoms with Crippen LogP contribution < -0.4 is 0 Å². The van der Waals surface area contributed by atoms with Gasteiger partial charge in [0, 0.05) is 40.3 Å². The summed E-state index contributed by atoms with van der Waals surface area (Å²) < 4.78 is 2.14. The molecule has 2 saturated heterocycles. The van der Waals surface area contributed by atoms with Gasteiger partial charge < -0.3 is 4.90 Å². The zero-order valence-corrected chi connectivity index (χ0v) is 17.1. The molecule has 27 heavy (non-hydrogen) atoms. The number of unbranched alkanes of at least 4 members (excludes halogenated alkanes) is 3. The predicted octanol–water partition coefficient (Wildman–Crippen LogP) is 0.530. The van der Waals surface area contributed by atoms with Gasteiger partial charge in [0.1, 0.15) is 6.54 Å². The van der Waals surface area contributed by atoms with Crippen molar-refractivity contribution in [3.8, 4) is 0 Å². The molecule has 3 aliphatic heterocycles. The van der Waals surface area contributed by atoms with Gasteiger partial charge in [-0.1, -0.05) is 19.8 Å². The molecule has 0 aromatic heterocycles. The Hall–Kier alpha value is -1.80. The fourth-order valence-corrected chi connectivity index (χ4v) is 3.95. The van der Waals surface area contributed by atoms with Crippen LogP contribution in [0.1, 0.15) is 32.6 Å². The molecule has 3 amide bonds. The van der Waals surface area contributed by atoms with Crippen molar-refractivity contribution in [1.82, 2.24) is 19.6 Å². The van der Waals surface area contributed by atoms with Crippen molar-refractivity contribution >= 4 is 23.6 Å². The molecule has 2 fully saturated rings. The number of aliphatic imine (C=N–C) groups is 1. The number of nitrogens with zero attached hydrogens (tertiary/aromatic N) is 6. The van der Waals surface area contributed by atoms with E-state index in [-0.39, 0.29) is 11.9 Å². The van der Waals surface area contributed by atoms with E-state index < -0.39 is 6.04 Å². The summed E-state index contributed by atoms with van der Waals surface area (Å²) >= 11 is 0. The Morgan fingerprint density at radius 1 is 1.00 bits per heavy atom. The van der Waals surface area contributed by atoms with E-state index in [2.05, 4.69) is 28.3 Å². The summed E-state index contributed by atoms with van der Waals surface area (Å²) in [7, 11) is 5.42. The summed E-state index contributed by atoms with van der Waals surface area (Å²) in [5.74, 6) is 1.35. The highest BCUT2D eigenvalue weighted by molar-refractivity contribution is 6.23. The highest BCUT2D eigenvalue weighted by Gasteiger charge is 2.52. The number of amides is 3. The van der Waals surface area contributed by atoms with E-state index in [9.17, 15) is 9.59 Å². The zero-order chi connectivity index (χ0) is 19.6. The molecule has 3 aliphatic rings. The molecular formula is C19H33N6O2+. The first-order valence-electron chi connectivity index (χ1n) is 10.1. The molecule has 1 unspecified atom stereocenters. The minimum atomic E-state index is -0.457. The lowest BCUT2D eigenvalue weighted by Gasteiger charge is -2.31. The van der Waals surface area contributed by atoms with Crippen LogP contribution in [0.3, 0.4) is 0 Å². The van der Waals surface area contributed by atoms with Crippen molar-refractivity contribution in [1.29, 1.82) is 0 Å². The van der Waals surface area contributed by atoms with Crippen LogP contribution in [0.5, 0.6) is 0 Å². The summed E-state index contributed by atoms with van der Waals surface area (Å²) in [6.45, 7) is 7.84. The SMILES string of the molecule is CCCCCC[N+]1=C(CN2CCN(C)CC2)N=C2C1C(=O)N(C)C(=O)N2C. The smallest absolute Gasteiger partial charge is 0.304 e. The first-order chi connectivity index (χ1) is 12.9. The van der Waals surface area contributed by atoms with Crippen LogP contribution in [0.2, 0.25) is 0 Å². The second-order valence-electron chi connectivity index (χ2n) is 7.86. The molecule has 0 aromatic rings. The number of amidine groups is 2. The van der Waals surface area contributed by atoms with E-state index in [1.165, 1.54) is 22.6 Å². The minimum Gasteiger partial charge on any atom is -0.304 e. The molecule has 3 heterocycles. The highest BCUT2D eigenvalue weighted by Crippen LogP contribution is 2.20. The lowest BCUT2D eigenvalue weighted by atomic mass is 10.1. The van der Waals surface area contributed by atoms with Crippen LogP contribution in [0, 0.1) is 0 Å². The van der Waals surface area contributed by atoms with Gasteiger partial charge in [0.05, 0.1) is 6.54 Å². The quantitative estimate of drug-likeness (QED) is 0.480. The monoisotopic (exact) mass is 377 g/mol. The van der Waals surface area contributed by atoms with Crippen LogP contribution in [0.15, 0.2) is 4.99 Å². The Labute approximate surface area is 162 Å². The van der Waals surface area contributed by atoms with Gasteiger partial charge >= 0.3 is 11.9 Å². The summed E-state index contributed by atoms with van der Waals surface area (Å²) in [6, 6.07) is -0.761. The van der Waals surface area contributed by atoms with Crippen LogP contribution in [0.25, 0.3) is 0 Å². The molecule has 0 spiro atoms. The van der Waals surface area contributed by atoms with Gasteiger partial charge in [-0.15, -0.1) is 0 Å². The molecule has 0 bridgehead atoms. The average molecular weight is 378 g/mol. The Morgan fingerprint density at radius 3 is 2.37 bits per heavy atom. The number of rotatable bonds is 7. The molecule has 8 heteroatoms. The first-order valence-corrected chi connectivity index (χ1v) is 10.1. The lowest BCUT2D eigenvalue weighted by Crippen LogP contribution is -2.61. The van der Waals surface area contributed by atoms with Crippen LogP contribution >= 0.6 is 0 Å². The first kappa shape index (κ1) is 19.9. The predicted molar refractivity (Wildman–Crippen MR) is 105 cm³/mol.